The predicted molar refractivity (Wildman–Crippen MR) is 86.6 cm³/mol. The molecule has 0 aromatic carbocycles. The van der Waals surface area contributed by atoms with Gasteiger partial charge >= 0.3 is 0 Å². The van der Waals surface area contributed by atoms with Crippen molar-refractivity contribution in [2.75, 3.05) is 23.0 Å². The molecule has 0 spiro atoms. The molecule has 2 aromatic rings. The molecule has 0 bridgehead atoms. The Hall–Kier alpha value is -0.870. The number of nitrogens with zero attached hydrogens (tertiary/aromatic N) is 4. The van der Waals surface area contributed by atoms with Crippen molar-refractivity contribution in [3.8, 4) is 0 Å². The van der Waals surface area contributed by atoms with Gasteiger partial charge in [-0.3, -0.25) is 4.21 Å². The first kappa shape index (κ1) is 17.5. The summed E-state index contributed by atoms with van der Waals surface area (Å²) in [5.74, 6) is 4.21. The molecule has 0 saturated carbocycles. The molecule has 0 radical (unpaired) electrons. The Morgan fingerprint density at radius 1 is 0.864 bits per heavy atom. The lowest BCUT2D eigenvalue weighted by Crippen LogP contribution is -2.04. The largest absolute Gasteiger partial charge is 0.416 e. The molecule has 7 nitrogen and oxygen atoms in total. The summed E-state index contributed by atoms with van der Waals surface area (Å²) in [6, 6.07) is 0. The van der Waals surface area contributed by atoms with Crippen LogP contribution in [0.1, 0.15) is 24.6 Å². The fourth-order valence-corrected chi connectivity index (χ4v) is 4.52. The fraction of sp³-hybridized carbons (Fsp3) is 0.667. The van der Waals surface area contributed by atoms with Gasteiger partial charge in [-0.25, -0.2) is 0 Å². The number of aryl methyl sites for hydroxylation is 2. The molecular formula is C12H18N4O3S3. The van der Waals surface area contributed by atoms with Crippen LogP contribution in [0.25, 0.3) is 0 Å². The molecule has 0 saturated heterocycles. The Morgan fingerprint density at radius 3 is 1.68 bits per heavy atom. The van der Waals surface area contributed by atoms with Crippen molar-refractivity contribution in [1.29, 1.82) is 0 Å². The average molecular weight is 363 g/mol. The zero-order valence-electron chi connectivity index (χ0n) is 12.5. The maximum atomic E-state index is 11.9. The topological polar surface area (TPSA) is 94.9 Å². The van der Waals surface area contributed by atoms with Crippen molar-refractivity contribution in [3.05, 3.63) is 11.8 Å². The fourth-order valence-electron chi connectivity index (χ4n) is 1.53. The van der Waals surface area contributed by atoms with Crippen molar-refractivity contribution in [2.24, 2.45) is 0 Å². The van der Waals surface area contributed by atoms with E-state index >= 15 is 0 Å². The first-order chi connectivity index (χ1) is 10.6. The van der Waals surface area contributed by atoms with E-state index in [2.05, 4.69) is 20.4 Å². The number of aromatic nitrogens is 4. The summed E-state index contributed by atoms with van der Waals surface area (Å²) in [6.45, 7) is 3.53. The second-order valence-corrected chi connectivity index (χ2v) is 8.21. The normalized spacial score (nSPS) is 11.4. The predicted octanol–water partition coefficient (Wildman–Crippen LogP) is 2.48. The van der Waals surface area contributed by atoms with Gasteiger partial charge in [0, 0.05) is 47.7 Å². The molecule has 22 heavy (non-hydrogen) atoms. The maximum absolute atomic E-state index is 11.9. The Bertz CT molecular complexity index is 552. The van der Waals surface area contributed by atoms with Crippen molar-refractivity contribution < 1.29 is 13.0 Å². The zero-order valence-corrected chi connectivity index (χ0v) is 14.9. The highest BCUT2D eigenvalue weighted by molar-refractivity contribution is 7.99. The van der Waals surface area contributed by atoms with Crippen LogP contribution in [0.15, 0.2) is 19.3 Å². The molecule has 2 rings (SSSR count). The van der Waals surface area contributed by atoms with E-state index in [9.17, 15) is 4.21 Å². The van der Waals surface area contributed by atoms with Crippen molar-refractivity contribution in [3.63, 3.8) is 0 Å². The summed E-state index contributed by atoms with van der Waals surface area (Å²) in [6.07, 6.45) is 1.74. The van der Waals surface area contributed by atoms with Crippen LogP contribution in [0.3, 0.4) is 0 Å². The van der Waals surface area contributed by atoms with Crippen molar-refractivity contribution >= 4 is 34.3 Å². The molecule has 0 N–H and O–H groups in total. The molecule has 2 aromatic heterocycles. The minimum Gasteiger partial charge on any atom is -0.416 e. The number of hydrogen-bond donors (Lipinski definition) is 0. The van der Waals surface area contributed by atoms with Gasteiger partial charge in [-0.1, -0.05) is 23.5 Å². The lowest BCUT2D eigenvalue weighted by atomic mass is 10.6. The Kier molecular flexibility index (Phi) is 7.40. The molecule has 2 heterocycles. The van der Waals surface area contributed by atoms with E-state index < -0.39 is 10.8 Å². The van der Waals surface area contributed by atoms with Gasteiger partial charge < -0.3 is 8.83 Å². The van der Waals surface area contributed by atoms with E-state index in [-0.39, 0.29) is 0 Å². The van der Waals surface area contributed by atoms with E-state index in [1.54, 1.807) is 13.8 Å². The number of rotatable bonds is 10. The van der Waals surface area contributed by atoms with Gasteiger partial charge in [0.05, 0.1) is 0 Å². The second-order valence-electron chi connectivity index (χ2n) is 4.43. The number of thioether (sulfide) groups is 2. The summed E-state index contributed by atoms with van der Waals surface area (Å²) in [7, 11) is -0.785. The van der Waals surface area contributed by atoms with Gasteiger partial charge in [0.25, 0.3) is 10.4 Å². The maximum Gasteiger partial charge on any atom is 0.276 e. The van der Waals surface area contributed by atoms with Crippen molar-refractivity contribution in [1.82, 2.24) is 20.4 Å². The quantitative estimate of drug-likeness (QED) is 0.466. The molecule has 0 amide bonds. The number of hydrogen-bond acceptors (Lipinski definition) is 9. The van der Waals surface area contributed by atoms with Gasteiger partial charge in [-0.15, -0.1) is 20.4 Å². The highest BCUT2D eigenvalue weighted by Gasteiger charge is 2.06. The third kappa shape index (κ3) is 6.49. The molecule has 10 heteroatoms. The van der Waals surface area contributed by atoms with E-state index in [4.69, 9.17) is 8.83 Å². The lowest BCUT2D eigenvalue weighted by Gasteiger charge is -2.01. The van der Waals surface area contributed by atoms with Gasteiger partial charge in [0.2, 0.25) is 11.8 Å². The van der Waals surface area contributed by atoms with Gasteiger partial charge in [-0.05, 0) is 12.8 Å². The molecule has 0 unspecified atom stereocenters. The van der Waals surface area contributed by atoms with E-state index in [1.165, 1.54) is 23.5 Å². The van der Waals surface area contributed by atoms with Gasteiger partial charge in [0.15, 0.2) is 0 Å². The zero-order chi connectivity index (χ0) is 15.8. The first-order valence-electron chi connectivity index (χ1n) is 6.84. The molecular weight excluding hydrogens is 344 g/mol. The van der Waals surface area contributed by atoms with Crippen LogP contribution in [-0.2, 0) is 10.8 Å². The van der Waals surface area contributed by atoms with Crippen LogP contribution in [0.4, 0.5) is 0 Å². The van der Waals surface area contributed by atoms with Crippen LogP contribution < -0.4 is 0 Å². The highest BCUT2D eigenvalue weighted by atomic mass is 32.2. The summed E-state index contributed by atoms with van der Waals surface area (Å²) in [5, 5.41) is 16.5. The Balaban J connectivity index is 1.49. The van der Waals surface area contributed by atoms with Gasteiger partial charge in [0.1, 0.15) is 0 Å². The van der Waals surface area contributed by atoms with E-state index in [0.29, 0.717) is 33.7 Å². The third-order valence-corrected chi connectivity index (χ3v) is 5.80. The smallest absolute Gasteiger partial charge is 0.276 e. The summed E-state index contributed by atoms with van der Waals surface area (Å²) in [4.78, 5) is 0. The molecule has 122 valence electrons. The first-order valence-corrected chi connectivity index (χ1v) is 10.3. The molecule has 0 aliphatic rings. The summed E-state index contributed by atoms with van der Waals surface area (Å²) in [5.41, 5.74) is 0. The van der Waals surface area contributed by atoms with Crippen LogP contribution in [0, 0.1) is 13.8 Å². The minimum absolute atomic E-state index is 0.569. The van der Waals surface area contributed by atoms with Gasteiger partial charge in [-0.2, -0.15) is 0 Å². The standard InChI is InChI=1S/C12H18N4O3S3/c1-9-13-15-11(18-9)20-5-3-7-22(17)8-4-6-21-12-16-14-10(2)19-12/h3-8H2,1-2H3. The lowest BCUT2D eigenvalue weighted by molar-refractivity contribution is 0.429. The van der Waals surface area contributed by atoms with E-state index in [1.807, 2.05) is 0 Å². The SMILES string of the molecule is Cc1nnc(SCCCS(=O)CCCSc2nnc(C)o2)o1. The van der Waals surface area contributed by atoms with E-state index in [0.717, 1.165) is 24.3 Å². The molecule has 0 aliphatic carbocycles. The average Bonchev–Trinajstić information content (AvgIpc) is 3.08. The highest BCUT2D eigenvalue weighted by Crippen LogP contribution is 2.18. The summed E-state index contributed by atoms with van der Waals surface area (Å²) < 4.78 is 22.4. The second kappa shape index (κ2) is 9.31. The minimum atomic E-state index is -0.785. The van der Waals surface area contributed by atoms with Crippen molar-refractivity contribution in [2.45, 2.75) is 37.1 Å². The Labute approximate surface area is 139 Å². The van der Waals surface area contributed by atoms with Crippen LogP contribution in [0.5, 0.6) is 0 Å². The third-order valence-electron chi connectivity index (χ3n) is 2.50. The molecule has 0 atom stereocenters. The van der Waals surface area contributed by atoms with Crippen LogP contribution >= 0.6 is 23.5 Å². The molecule has 0 fully saturated rings. The molecule has 0 aliphatic heterocycles. The van der Waals surface area contributed by atoms with Crippen LogP contribution in [-0.4, -0.2) is 47.6 Å². The Morgan fingerprint density at radius 2 is 1.32 bits per heavy atom. The summed E-state index contributed by atoms with van der Waals surface area (Å²) >= 11 is 3.01. The van der Waals surface area contributed by atoms with Crippen LogP contribution in [0.2, 0.25) is 0 Å². The monoisotopic (exact) mass is 362 g/mol.